The van der Waals surface area contributed by atoms with Crippen LogP contribution in [0, 0.1) is 0 Å². The van der Waals surface area contributed by atoms with Gasteiger partial charge in [-0.15, -0.1) is 0 Å². The van der Waals surface area contributed by atoms with Crippen molar-refractivity contribution >= 4 is 0 Å². The van der Waals surface area contributed by atoms with Crippen molar-refractivity contribution in [1.82, 2.24) is 9.78 Å². The molecule has 0 fully saturated rings. The molecule has 0 saturated carbocycles. The molecule has 0 aliphatic heterocycles. The minimum Gasteiger partial charge on any atom is -0.493 e. The maximum Gasteiger partial charge on any atom is 0.162 e. The Bertz CT molecular complexity index is 312. The van der Waals surface area contributed by atoms with Gasteiger partial charge in [0.05, 0.1) is 13.3 Å². The van der Waals surface area contributed by atoms with E-state index in [-0.39, 0.29) is 0 Å². The number of hydrogen-bond donors (Lipinski definition) is 1. The zero-order valence-corrected chi connectivity index (χ0v) is 10.1. The molecule has 0 aliphatic rings. The second kappa shape index (κ2) is 6.50. The summed E-state index contributed by atoms with van der Waals surface area (Å²) < 4.78 is 11.9. The lowest BCUT2D eigenvalue weighted by Gasteiger charge is -2.14. The van der Waals surface area contributed by atoms with Crippen molar-refractivity contribution in [1.29, 1.82) is 0 Å². The summed E-state index contributed by atoms with van der Waals surface area (Å²) in [6.07, 6.45) is 2.56. The highest BCUT2D eigenvalue weighted by molar-refractivity contribution is 5.27. The first-order valence-electron chi connectivity index (χ1n) is 5.51. The third-order valence-electron chi connectivity index (χ3n) is 2.41. The van der Waals surface area contributed by atoms with Crippen LogP contribution in [-0.2, 0) is 11.3 Å². The van der Waals surface area contributed by atoms with Gasteiger partial charge in [-0.1, -0.05) is 6.92 Å². The number of aliphatic hydroxyl groups excluding tert-OH is 1. The van der Waals surface area contributed by atoms with E-state index in [1.807, 2.05) is 0 Å². The largest absolute Gasteiger partial charge is 0.493 e. The molecule has 1 aromatic heterocycles. The first-order valence-corrected chi connectivity index (χ1v) is 5.51. The van der Waals surface area contributed by atoms with Crippen molar-refractivity contribution in [2.24, 2.45) is 0 Å². The Morgan fingerprint density at radius 3 is 2.81 bits per heavy atom. The third kappa shape index (κ3) is 2.96. The van der Waals surface area contributed by atoms with E-state index in [1.165, 1.54) is 0 Å². The summed E-state index contributed by atoms with van der Waals surface area (Å²) in [4.78, 5) is 0. The average Bonchev–Trinajstić information content (AvgIpc) is 2.69. The minimum atomic E-state index is -0.594. The number of ether oxygens (including phenoxy) is 2. The van der Waals surface area contributed by atoms with Gasteiger partial charge >= 0.3 is 0 Å². The van der Waals surface area contributed by atoms with Crippen molar-refractivity contribution < 1.29 is 14.6 Å². The molecule has 1 rings (SSSR count). The van der Waals surface area contributed by atoms with E-state index in [0.717, 1.165) is 18.7 Å². The smallest absolute Gasteiger partial charge is 0.162 e. The van der Waals surface area contributed by atoms with Crippen LogP contribution in [0.25, 0.3) is 0 Å². The van der Waals surface area contributed by atoms with Crippen molar-refractivity contribution in [3.8, 4) is 5.75 Å². The molecule has 1 unspecified atom stereocenters. The Labute approximate surface area is 96.0 Å². The second-order valence-electron chi connectivity index (χ2n) is 3.62. The molecule has 0 aromatic carbocycles. The van der Waals surface area contributed by atoms with Gasteiger partial charge in [0.2, 0.25) is 0 Å². The van der Waals surface area contributed by atoms with Crippen LogP contribution in [0.4, 0.5) is 0 Å². The van der Waals surface area contributed by atoms with Gasteiger partial charge in [0.1, 0.15) is 11.8 Å². The van der Waals surface area contributed by atoms with Crippen molar-refractivity contribution in [2.75, 3.05) is 20.8 Å². The highest BCUT2D eigenvalue weighted by atomic mass is 16.5. The molecule has 0 radical (unpaired) electrons. The van der Waals surface area contributed by atoms with Crippen molar-refractivity contribution in [3.05, 3.63) is 11.9 Å². The lowest BCUT2D eigenvalue weighted by molar-refractivity contribution is 0.102. The first-order chi connectivity index (χ1) is 7.74. The topological polar surface area (TPSA) is 56.5 Å². The van der Waals surface area contributed by atoms with Crippen molar-refractivity contribution in [3.63, 3.8) is 0 Å². The maximum atomic E-state index is 10.0. The molecule has 1 N–H and O–H groups in total. The molecule has 0 aliphatic carbocycles. The second-order valence-corrected chi connectivity index (χ2v) is 3.62. The highest BCUT2D eigenvalue weighted by Gasteiger charge is 2.19. The number of methoxy groups -OCH3 is 2. The van der Waals surface area contributed by atoms with Crippen LogP contribution in [-0.4, -0.2) is 35.7 Å². The van der Waals surface area contributed by atoms with Crippen LogP contribution in [0.3, 0.4) is 0 Å². The van der Waals surface area contributed by atoms with E-state index in [1.54, 1.807) is 25.1 Å². The molecule has 0 amide bonds. The van der Waals surface area contributed by atoms with E-state index in [0.29, 0.717) is 18.8 Å². The van der Waals surface area contributed by atoms with Gasteiger partial charge in [-0.2, -0.15) is 5.10 Å². The lowest BCUT2D eigenvalue weighted by Crippen LogP contribution is -2.11. The van der Waals surface area contributed by atoms with E-state index in [4.69, 9.17) is 9.47 Å². The summed E-state index contributed by atoms with van der Waals surface area (Å²) in [6.45, 7) is 3.36. The van der Waals surface area contributed by atoms with Crippen LogP contribution in [0.15, 0.2) is 6.20 Å². The van der Waals surface area contributed by atoms with Gasteiger partial charge < -0.3 is 14.6 Å². The molecule has 1 atom stereocenters. The summed E-state index contributed by atoms with van der Waals surface area (Å²) in [5.74, 6) is 0.636. The summed E-state index contributed by atoms with van der Waals surface area (Å²) in [5.41, 5.74) is 0.737. The van der Waals surface area contributed by atoms with Gasteiger partial charge in [-0.05, 0) is 6.42 Å². The van der Waals surface area contributed by atoms with Gasteiger partial charge in [-0.25, -0.2) is 0 Å². The number of aromatic nitrogens is 2. The van der Waals surface area contributed by atoms with E-state index in [2.05, 4.69) is 12.0 Å². The van der Waals surface area contributed by atoms with Gasteiger partial charge in [0.15, 0.2) is 5.75 Å². The van der Waals surface area contributed by atoms with Crippen LogP contribution >= 0.6 is 0 Å². The quantitative estimate of drug-likeness (QED) is 0.765. The summed E-state index contributed by atoms with van der Waals surface area (Å²) in [7, 11) is 3.20. The normalized spacial score (nSPS) is 12.8. The standard InChI is InChI=1S/C11H20N2O3/c1-4-6-13-11(9(14)5-7-15-2)10(16-3)8-12-13/h8-9,14H,4-7H2,1-3H3. The maximum absolute atomic E-state index is 10.0. The summed E-state index contributed by atoms with van der Waals surface area (Å²) >= 11 is 0. The molecular weight excluding hydrogens is 208 g/mol. The molecule has 92 valence electrons. The monoisotopic (exact) mass is 228 g/mol. The molecule has 1 heterocycles. The van der Waals surface area contributed by atoms with Gasteiger partial charge in [0, 0.05) is 26.7 Å². The molecule has 0 bridgehead atoms. The number of nitrogens with zero attached hydrogens (tertiary/aromatic N) is 2. The fourth-order valence-corrected chi connectivity index (χ4v) is 1.63. The Kier molecular flexibility index (Phi) is 5.28. The van der Waals surface area contributed by atoms with Crippen LogP contribution in [0.1, 0.15) is 31.6 Å². The number of rotatable bonds is 7. The molecule has 16 heavy (non-hydrogen) atoms. The Morgan fingerprint density at radius 1 is 1.50 bits per heavy atom. The van der Waals surface area contributed by atoms with Gasteiger partial charge in [0.25, 0.3) is 0 Å². The SMILES string of the molecule is CCCn1ncc(OC)c1C(O)CCOC. The third-order valence-corrected chi connectivity index (χ3v) is 2.41. The predicted molar refractivity (Wildman–Crippen MR) is 60.5 cm³/mol. The minimum absolute atomic E-state index is 0.516. The van der Waals surface area contributed by atoms with E-state index >= 15 is 0 Å². The Hall–Kier alpha value is -1.07. The zero-order chi connectivity index (χ0) is 12.0. The number of hydrogen-bond acceptors (Lipinski definition) is 4. The molecule has 0 saturated heterocycles. The highest BCUT2D eigenvalue weighted by Crippen LogP contribution is 2.27. The van der Waals surface area contributed by atoms with Gasteiger partial charge in [-0.3, -0.25) is 4.68 Å². The zero-order valence-electron chi connectivity index (χ0n) is 10.1. The molecule has 5 nitrogen and oxygen atoms in total. The van der Waals surface area contributed by atoms with Crippen LogP contribution in [0.2, 0.25) is 0 Å². The van der Waals surface area contributed by atoms with Crippen LogP contribution in [0.5, 0.6) is 5.75 Å². The van der Waals surface area contributed by atoms with Crippen molar-refractivity contribution in [2.45, 2.75) is 32.4 Å². The molecule has 1 aromatic rings. The molecule has 0 spiro atoms. The fraction of sp³-hybridized carbons (Fsp3) is 0.727. The molecular formula is C11H20N2O3. The average molecular weight is 228 g/mol. The summed E-state index contributed by atoms with van der Waals surface area (Å²) in [5, 5.41) is 14.2. The number of aliphatic hydroxyl groups is 1. The van der Waals surface area contributed by atoms with Crippen LogP contribution < -0.4 is 4.74 Å². The Balaban J connectivity index is 2.84. The summed E-state index contributed by atoms with van der Waals surface area (Å²) in [6, 6.07) is 0. The fourth-order valence-electron chi connectivity index (χ4n) is 1.63. The van der Waals surface area contributed by atoms with E-state index in [9.17, 15) is 5.11 Å². The lowest BCUT2D eigenvalue weighted by atomic mass is 10.2. The Morgan fingerprint density at radius 2 is 2.25 bits per heavy atom. The predicted octanol–water partition coefficient (Wildman–Crippen LogP) is 1.37. The number of aryl methyl sites for hydroxylation is 1. The first kappa shape index (κ1) is 13.0. The molecule has 5 heteroatoms. The van der Waals surface area contributed by atoms with E-state index < -0.39 is 6.10 Å².